The molecular formula is C6H12N6S2. The number of hydrogen-bond acceptors (Lipinski definition) is 4. The molecule has 0 radical (unpaired) electrons. The predicted molar refractivity (Wildman–Crippen MR) is 66.1 cm³/mol. The Bertz CT molecular complexity index is 265. The third-order valence-corrected chi connectivity index (χ3v) is 1.37. The summed E-state index contributed by atoms with van der Waals surface area (Å²) in [6.45, 7) is 3.48. The second kappa shape index (κ2) is 6.22. The fourth-order valence-corrected chi connectivity index (χ4v) is 0.531. The molecule has 0 aromatic carbocycles. The highest BCUT2D eigenvalue weighted by Crippen LogP contribution is 1.81. The number of rotatable bonds is 3. The van der Waals surface area contributed by atoms with Crippen LogP contribution in [0, 0.1) is 0 Å². The van der Waals surface area contributed by atoms with Gasteiger partial charge in [0.05, 0.1) is 11.4 Å². The van der Waals surface area contributed by atoms with Crippen LogP contribution in [0.2, 0.25) is 0 Å². The molecular weight excluding hydrogens is 220 g/mol. The lowest BCUT2D eigenvalue weighted by Gasteiger charge is -2.01. The quantitative estimate of drug-likeness (QED) is 0.295. The Morgan fingerprint density at radius 1 is 0.929 bits per heavy atom. The van der Waals surface area contributed by atoms with Crippen LogP contribution in [0.5, 0.6) is 0 Å². The maximum Gasteiger partial charge on any atom is 0.184 e. The summed E-state index contributed by atoms with van der Waals surface area (Å²) in [4.78, 5) is 0. The van der Waals surface area contributed by atoms with Gasteiger partial charge in [0, 0.05) is 0 Å². The molecule has 6 N–H and O–H groups in total. The average molecular weight is 232 g/mol. The molecule has 0 heterocycles. The zero-order valence-electron chi connectivity index (χ0n) is 7.87. The maximum absolute atomic E-state index is 5.18. The second-order valence-corrected chi connectivity index (χ2v) is 3.23. The Morgan fingerprint density at radius 2 is 1.21 bits per heavy atom. The minimum Gasteiger partial charge on any atom is -0.375 e. The van der Waals surface area contributed by atoms with Crippen molar-refractivity contribution in [2.24, 2.45) is 21.7 Å². The first-order chi connectivity index (χ1) is 6.43. The van der Waals surface area contributed by atoms with Gasteiger partial charge in [-0.05, 0) is 38.3 Å². The summed E-state index contributed by atoms with van der Waals surface area (Å²) in [6.07, 6.45) is 0. The summed E-state index contributed by atoms with van der Waals surface area (Å²) in [5, 5.41) is 7.89. The van der Waals surface area contributed by atoms with Gasteiger partial charge in [-0.2, -0.15) is 10.2 Å². The highest BCUT2D eigenvalue weighted by Gasteiger charge is 1.96. The van der Waals surface area contributed by atoms with Crippen molar-refractivity contribution in [2.45, 2.75) is 13.8 Å². The first-order valence-electron chi connectivity index (χ1n) is 3.63. The summed E-state index contributed by atoms with van der Waals surface area (Å²) in [5.74, 6) is 0. The van der Waals surface area contributed by atoms with E-state index in [1.165, 1.54) is 0 Å². The lowest BCUT2D eigenvalue weighted by atomic mass is 10.3. The number of thiocarbonyl (C=S) groups is 2. The Balaban J connectivity index is 4.29. The summed E-state index contributed by atoms with van der Waals surface area (Å²) >= 11 is 9.14. The first kappa shape index (κ1) is 12.7. The van der Waals surface area contributed by atoms with Crippen LogP contribution in [0.1, 0.15) is 13.8 Å². The standard InChI is InChI=1S/C6H12N6S2/c1-3(9-11-5(7)13)4(2)10-12-6(8)14/h1-2H3,(H3,7,11,13)(H3,8,12,14)/b9-3-,10-4-. The monoisotopic (exact) mass is 232 g/mol. The summed E-state index contributed by atoms with van der Waals surface area (Å²) in [5.41, 5.74) is 16.5. The zero-order valence-corrected chi connectivity index (χ0v) is 9.50. The molecule has 78 valence electrons. The maximum atomic E-state index is 5.18. The molecule has 0 fully saturated rings. The fourth-order valence-electron chi connectivity index (χ4n) is 0.440. The third-order valence-electron chi connectivity index (χ3n) is 1.19. The van der Waals surface area contributed by atoms with E-state index in [0.29, 0.717) is 11.4 Å². The van der Waals surface area contributed by atoms with Gasteiger partial charge in [-0.25, -0.2) is 0 Å². The molecule has 14 heavy (non-hydrogen) atoms. The highest BCUT2D eigenvalue weighted by atomic mass is 32.1. The Labute approximate surface area is 92.8 Å². The zero-order chi connectivity index (χ0) is 11.1. The lowest BCUT2D eigenvalue weighted by Crippen LogP contribution is -2.28. The van der Waals surface area contributed by atoms with E-state index in [-0.39, 0.29) is 10.2 Å². The topological polar surface area (TPSA) is 101 Å². The van der Waals surface area contributed by atoms with Crippen LogP contribution < -0.4 is 22.3 Å². The van der Waals surface area contributed by atoms with Gasteiger partial charge < -0.3 is 11.5 Å². The van der Waals surface area contributed by atoms with Gasteiger partial charge in [0.2, 0.25) is 0 Å². The van der Waals surface area contributed by atoms with Gasteiger partial charge in [-0.3, -0.25) is 10.9 Å². The van der Waals surface area contributed by atoms with Crippen molar-refractivity contribution < 1.29 is 0 Å². The Hall–Kier alpha value is -1.28. The molecule has 0 aliphatic carbocycles. The average Bonchev–Trinajstić information content (AvgIpc) is 2.09. The number of nitrogens with one attached hydrogen (secondary N) is 2. The van der Waals surface area contributed by atoms with Gasteiger partial charge in [0.25, 0.3) is 0 Å². The Morgan fingerprint density at radius 3 is 1.43 bits per heavy atom. The number of nitrogens with two attached hydrogens (primary N) is 2. The molecule has 0 aromatic heterocycles. The van der Waals surface area contributed by atoms with Crippen LogP contribution >= 0.6 is 24.4 Å². The highest BCUT2D eigenvalue weighted by molar-refractivity contribution is 7.80. The molecule has 0 unspecified atom stereocenters. The molecule has 0 saturated heterocycles. The summed E-state index contributed by atoms with van der Waals surface area (Å²) < 4.78 is 0. The number of hydrazone groups is 2. The molecule has 0 atom stereocenters. The van der Waals surface area contributed by atoms with Crippen molar-refractivity contribution >= 4 is 46.1 Å². The van der Waals surface area contributed by atoms with E-state index in [9.17, 15) is 0 Å². The second-order valence-electron chi connectivity index (χ2n) is 2.35. The van der Waals surface area contributed by atoms with Crippen LogP contribution in [-0.2, 0) is 0 Å². The van der Waals surface area contributed by atoms with E-state index in [1.807, 2.05) is 0 Å². The van der Waals surface area contributed by atoms with Crippen molar-refractivity contribution in [3.63, 3.8) is 0 Å². The smallest absolute Gasteiger partial charge is 0.184 e. The molecule has 0 aliphatic rings. The van der Waals surface area contributed by atoms with E-state index in [1.54, 1.807) is 13.8 Å². The van der Waals surface area contributed by atoms with Crippen LogP contribution in [-0.4, -0.2) is 21.6 Å². The minimum absolute atomic E-state index is 0.0967. The fraction of sp³-hybridized carbons (Fsp3) is 0.333. The lowest BCUT2D eigenvalue weighted by molar-refractivity contribution is 1.02. The normalized spacial score (nSPS) is 12.1. The largest absolute Gasteiger partial charge is 0.375 e. The van der Waals surface area contributed by atoms with Gasteiger partial charge in [-0.1, -0.05) is 0 Å². The van der Waals surface area contributed by atoms with E-state index < -0.39 is 0 Å². The van der Waals surface area contributed by atoms with Crippen LogP contribution in [0.4, 0.5) is 0 Å². The molecule has 0 rings (SSSR count). The third kappa shape index (κ3) is 6.26. The van der Waals surface area contributed by atoms with Crippen molar-refractivity contribution in [3.05, 3.63) is 0 Å². The first-order valence-corrected chi connectivity index (χ1v) is 4.45. The molecule has 0 aliphatic heterocycles. The van der Waals surface area contributed by atoms with Gasteiger partial charge in [-0.15, -0.1) is 0 Å². The number of nitrogens with zero attached hydrogens (tertiary/aromatic N) is 2. The molecule has 6 nitrogen and oxygen atoms in total. The molecule has 0 aromatic rings. The van der Waals surface area contributed by atoms with Crippen molar-refractivity contribution in [1.29, 1.82) is 0 Å². The van der Waals surface area contributed by atoms with E-state index in [2.05, 4.69) is 45.5 Å². The van der Waals surface area contributed by atoms with E-state index >= 15 is 0 Å². The van der Waals surface area contributed by atoms with Gasteiger partial charge in [0.1, 0.15) is 0 Å². The van der Waals surface area contributed by atoms with E-state index in [0.717, 1.165) is 0 Å². The van der Waals surface area contributed by atoms with Crippen LogP contribution in [0.15, 0.2) is 10.2 Å². The molecule has 0 spiro atoms. The molecule has 0 amide bonds. The van der Waals surface area contributed by atoms with Crippen molar-refractivity contribution in [3.8, 4) is 0 Å². The summed E-state index contributed by atoms with van der Waals surface area (Å²) in [7, 11) is 0. The SMILES string of the molecule is CC(=N/NC(N)=S)/C(C)=N\NC(N)=S. The summed E-state index contributed by atoms with van der Waals surface area (Å²) in [6, 6.07) is 0. The van der Waals surface area contributed by atoms with Crippen molar-refractivity contribution in [1.82, 2.24) is 10.9 Å². The van der Waals surface area contributed by atoms with Gasteiger partial charge in [0.15, 0.2) is 10.2 Å². The van der Waals surface area contributed by atoms with Gasteiger partial charge >= 0.3 is 0 Å². The Kier molecular flexibility index (Phi) is 5.65. The van der Waals surface area contributed by atoms with E-state index in [4.69, 9.17) is 11.5 Å². The number of hydrogen-bond donors (Lipinski definition) is 4. The predicted octanol–water partition coefficient (Wildman–Crippen LogP) is -0.595. The molecule has 0 bridgehead atoms. The molecule has 8 heteroatoms. The van der Waals surface area contributed by atoms with Crippen molar-refractivity contribution in [2.75, 3.05) is 0 Å². The molecule has 0 saturated carbocycles. The van der Waals surface area contributed by atoms with Crippen LogP contribution in [0.3, 0.4) is 0 Å². The minimum atomic E-state index is 0.0967. The van der Waals surface area contributed by atoms with Crippen LogP contribution in [0.25, 0.3) is 0 Å².